The zero-order valence-electron chi connectivity index (χ0n) is 24.2. The van der Waals surface area contributed by atoms with E-state index in [2.05, 4.69) is 0 Å². The van der Waals surface area contributed by atoms with E-state index in [0.29, 0.717) is 32.3 Å². The smallest absolute Gasteiger partial charge is 0.225 e. The van der Waals surface area contributed by atoms with Crippen LogP contribution in [-0.4, -0.2) is 39.9 Å². The lowest BCUT2D eigenvalue weighted by Crippen LogP contribution is -2.40. The van der Waals surface area contributed by atoms with Crippen molar-refractivity contribution in [1.29, 1.82) is 0 Å². The number of aliphatic hydroxyl groups is 1. The van der Waals surface area contributed by atoms with Crippen molar-refractivity contribution >= 4 is 11.8 Å². The van der Waals surface area contributed by atoms with Crippen molar-refractivity contribution in [1.82, 2.24) is 9.80 Å². The summed E-state index contributed by atoms with van der Waals surface area (Å²) in [5, 5.41) is 9.81. The van der Waals surface area contributed by atoms with Gasteiger partial charge in [-0.3, -0.25) is 9.59 Å². The van der Waals surface area contributed by atoms with E-state index in [1.807, 2.05) is 65.6 Å². The zero-order chi connectivity index (χ0) is 30.7. The number of rotatable bonds is 6. The van der Waals surface area contributed by atoms with E-state index < -0.39 is 5.72 Å². The lowest BCUT2D eigenvalue weighted by atomic mass is 9.99. The van der Waals surface area contributed by atoms with Crippen LogP contribution in [0.25, 0.3) is 0 Å². The molecule has 0 spiro atoms. The molecule has 0 radical (unpaired) electrons. The van der Waals surface area contributed by atoms with Crippen LogP contribution < -0.4 is 0 Å². The number of ether oxygens (including phenoxy) is 1. The SMILES string of the molecule is C.C.O=C1CC[C@@H](c2ccc(F)cc2)N1[C@@H](CO)c1ccccc1.O=C1CC[C@]2(c3ccc(F)cc3)OC[C@@H](c3ccccc3)N12. The van der Waals surface area contributed by atoms with E-state index in [9.17, 15) is 23.5 Å². The van der Waals surface area contributed by atoms with Gasteiger partial charge in [-0.2, -0.15) is 0 Å². The Labute approximate surface area is 270 Å². The van der Waals surface area contributed by atoms with Gasteiger partial charge in [0.15, 0.2) is 5.72 Å². The van der Waals surface area contributed by atoms with Crippen LogP contribution in [0.15, 0.2) is 109 Å². The molecule has 242 valence electrons. The molecule has 0 saturated carbocycles. The summed E-state index contributed by atoms with van der Waals surface area (Å²) in [5.41, 5.74) is 2.99. The molecule has 3 saturated heterocycles. The van der Waals surface area contributed by atoms with E-state index in [-0.39, 0.29) is 63.0 Å². The van der Waals surface area contributed by atoms with Gasteiger partial charge in [-0.1, -0.05) is 99.8 Å². The molecule has 3 fully saturated rings. The molecule has 0 aliphatic carbocycles. The largest absolute Gasteiger partial charge is 0.394 e. The second kappa shape index (κ2) is 14.8. The van der Waals surface area contributed by atoms with Crippen LogP contribution in [0.2, 0.25) is 0 Å². The highest BCUT2D eigenvalue weighted by Gasteiger charge is 2.55. The predicted molar refractivity (Wildman–Crippen MR) is 174 cm³/mol. The maximum atomic E-state index is 13.2. The molecule has 46 heavy (non-hydrogen) atoms. The second-order valence-corrected chi connectivity index (χ2v) is 11.3. The number of likely N-dealkylation sites (tertiary alicyclic amines) is 1. The van der Waals surface area contributed by atoms with Crippen molar-refractivity contribution in [3.8, 4) is 0 Å². The number of nitrogens with zero attached hydrogens (tertiary/aromatic N) is 2. The number of hydrogen-bond acceptors (Lipinski definition) is 4. The minimum absolute atomic E-state index is 0. The fourth-order valence-corrected chi connectivity index (χ4v) is 6.71. The fourth-order valence-electron chi connectivity index (χ4n) is 6.71. The molecule has 0 unspecified atom stereocenters. The third-order valence-corrected chi connectivity index (χ3v) is 8.81. The monoisotopic (exact) mass is 628 g/mol. The summed E-state index contributed by atoms with van der Waals surface area (Å²) >= 11 is 0. The molecule has 6 nitrogen and oxygen atoms in total. The number of aliphatic hydroxyl groups excluding tert-OH is 1. The first-order valence-corrected chi connectivity index (χ1v) is 14.9. The van der Waals surface area contributed by atoms with E-state index in [0.717, 1.165) is 22.3 Å². The Morgan fingerprint density at radius 3 is 1.91 bits per heavy atom. The van der Waals surface area contributed by atoms with Gasteiger partial charge in [0, 0.05) is 24.8 Å². The molecule has 4 aromatic rings. The van der Waals surface area contributed by atoms with Gasteiger partial charge in [0.2, 0.25) is 11.8 Å². The molecule has 7 rings (SSSR count). The average Bonchev–Trinajstić information content (AvgIpc) is 3.74. The highest BCUT2D eigenvalue weighted by atomic mass is 19.1. The third kappa shape index (κ3) is 6.59. The maximum absolute atomic E-state index is 13.2. The van der Waals surface area contributed by atoms with Crippen molar-refractivity contribution in [2.45, 2.75) is 64.4 Å². The van der Waals surface area contributed by atoms with Crippen LogP contribution in [0.3, 0.4) is 0 Å². The summed E-state index contributed by atoms with van der Waals surface area (Å²) in [6.07, 6.45) is 2.21. The summed E-state index contributed by atoms with van der Waals surface area (Å²) in [7, 11) is 0. The van der Waals surface area contributed by atoms with Crippen LogP contribution in [0.5, 0.6) is 0 Å². The summed E-state index contributed by atoms with van der Waals surface area (Å²) in [5.74, 6) is -0.456. The quantitative estimate of drug-likeness (QED) is 0.236. The van der Waals surface area contributed by atoms with E-state index >= 15 is 0 Å². The topological polar surface area (TPSA) is 70.1 Å². The van der Waals surface area contributed by atoms with Crippen molar-refractivity contribution in [2.24, 2.45) is 0 Å². The minimum Gasteiger partial charge on any atom is -0.394 e. The van der Waals surface area contributed by atoms with Crippen LogP contribution in [-0.2, 0) is 20.1 Å². The summed E-state index contributed by atoms with van der Waals surface area (Å²) in [4.78, 5) is 28.4. The maximum Gasteiger partial charge on any atom is 0.225 e. The number of carbonyl (C=O) groups excluding carboxylic acids is 2. The van der Waals surface area contributed by atoms with Gasteiger partial charge < -0.3 is 19.6 Å². The Morgan fingerprint density at radius 2 is 1.30 bits per heavy atom. The molecular formula is C38H42F2N2O4. The van der Waals surface area contributed by atoms with Crippen molar-refractivity contribution < 1.29 is 28.2 Å². The standard InChI is InChI=1S/C18H16FNO2.C18H18FNO2.2CH4/c19-15-8-6-14(7-9-15)18-11-10-17(21)20(18)16(12-22-18)13-4-2-1-3-5-13;19-15-8-6-14(7-9-15)16-10-11-18(22)20(16)17(12-21)13-4-2-1-3-5-13;;/h1-9,16H,10-12H2;1-9,16-17,21H,10-12H2;2*1H4/t16-,18+;16-,17-;;/m00../s1. The minimum atomic E-state index is -0.745. The predicted octanol–water partition coefficient (Wildman–Crippen LogP) is 7.87. The molecule has 2 amide bonds. The molecular weight excluding hydrogens is 586 g/mol. The number of hydrogen-bond donors (Lipinski definition) is 1. The van der Waals surface area contributed by atoms with E-state index in [1.165, 1.54) is 24.3 Å². The summed E-state index contributed by atoms with van der Waals surface area (Å²) in [6.45, 7) is 0.334. The van der Waals surface area contributed by atoms with Gasteiger partial charge in [0.1, 0.15) is 11.6 Å². The van der Waals surface area contributed by atoms with Crippen molar-refractivity contribution in [2.75, 3.05) is 13.2 Å². The van der Waals surface area contributed by atoms with Gasteiger partial charge >= 0.3 is 0 Å². The highest BCUT2D eigenvalue weighted by Crippen LogP contribution is 2.50. The number of fused-ring (bicyclic) bond motifs is 1. The van der Waals surface area contributed by atoms with Crippen LogP contribution >= 0.6 is 0 Å². The van der Waals surface area contributed by atoms with E-state index in [4.69, 9.17) is 4.74 Å². The van der Waals surface area contributed by atoms with Gasteiger partial charge in [-0.05, 0) is 47.4 Å². The summed E-state index contributed by atoms with van der Waals surface area (Å²) < 4.78 is 32.4. The first kappa shape index (κ1) is 34.5. The number of carbonyl (C=O) groups is 2. The van der Waals surface area contributed by atoms with Crippen molar-refractivity contribution in [3.05, 3.63) is 143 Å². The lowest BCUT2D eigenvalue weighted by Gasteiger charge is -2.33. The van der Waals surface area contributed by atoms with E-state index in [1.54, 1.807) is 29.2 Å². The molecule has 4 atom stereocenters. The molecule has 3 aliphatic rings. The number of benzene rings is 4. The Hall–Kier alpha value is -4.40. The van der Waals surface area contributed by atoms with Gasteiger partial charge in [0.25, 0.3) is 0 Å². The number of amides is 2. The Morgan fingerprint density at radius 1 is 0.739 bits per heavy atom. The average molecular weight is 629 g/mol. The normalized spacial score (nSPS) is 22.3. The summed E-state index contributed by atoms with van der Waals surface area (Å²) in [6, 6.07) is 31.4. The van der Waals surface area contributed by atoms with Crippen LogP contribution in [0.4, 0.5) is 8.78 Å². The molecule has 3 heterocycles. The number of halogens is 2. The molecule has 0 aromatic heterocycles. The van der Waals surface area contributed by atoms with Gasteiger partial charge in [-0.25, -0.2) is 8.78 Å². The third-order valence-electron chi connectivity index (χ3n) is 8.81. The second-order valence-electron chi connectivity index (χ2n) is 11.3. The first-order valence-electron chi connectivity index (χ1n) is 14.9. The molecule has 0 bridgehead atoms. The van der Waals surface area contributed by atoms with Crippen molar-refractivity contribution in [3.63, 3.8) is 0 Å². The molecule has 1 N–H and O–H groups in total. The highest BCUT2D eigenvalue weighted by molar-refractivity contribution is 5.81. The Kier molecular flexibility index (Phi) is 11.1. The zero-order valence-corrected chi connectivity index (χ0v) is 24.2. The molecule has 3 aliphatic heterocycles. The van der Waals surface area contributed by atoms with Crippen LogP contribution in [0, 0.1) is 11.6 Å². The molecule has 4 aromatic carbocycles. The lowest BCUT2D eigenvalue weighted by molar-refractivity contribution is -0.140. The molecule has 8 heteroatoms. The Balaban J connectivity index is 0.000000200. The van der Waals surface area contributed by atoms with Crippen LogP contribution in [0.1, 0.15) is 80.9 Å². The fraction of sp³-hybridized carbons (Fsp3) is 0.316. The van der Waals surface area contributed by atoms with Gasteiger partial charge in [0.05, 0.1) is 31.3 Å². The van der Waals surface area contributed by atoms with Gasteiger partial charge in [-0.15, -0.1) is 0 Å². The first-order chi connectivity index (χ1) is 21.4. The Bertz CT molecular complexity index is 1550.